The monoisotopic (exact) mass is 289 g/mol. The van der Waals surface area contributed by atoms with Crippen LogP contribution in [0.2, 0.25) is 0 Å². The third-order valence-electron chi connectivity index (χ3n) is 4.32. The number of aliphatic carboxylic acids is 1. The van der Waals surface area contributed by atoms with Crippen LogP contribution in [0.3, 0.4) is 0 Å². The molecule has 1 saturated carbocycles. The summed E-state index contributed by atoms with van der Waals surface area (Å²) in [6.07, 6.45) is 4.12. The zero-order valence-electron chi connectivity index (χ0n) is 12.5. The van der Waals surface area contributed by atoms with Gasteiger partial charge in [-0.15, -0.1) is 0 Å². The van der Waals surface area contributed by atoms with Crippen molar-refractivity contribution in [2.75, 3.05) is 0 Å². The molecule has 1 fully saturated rings. The predicted octanol–water partition coefficient (Wildman–Crippen LogP) is 2.76. The molecule has 0 bridgehead atoms. The van der Waals surface area contributed by atoms with Crippen LogP contribution in [0.1, 0.15) is 43.7 Å². The number of aryl methyl sites for hydroxylation is 1. The van der Waals surface area contributed by atoms with Crippen LogP contribution in [-0.2, 0) is 22.6 Å². The first-order chi connectivity index (χ1) is 10.1. The predicted molar refractivity (Wildman–Crippen MR) is 80.8 cm³/mol. The number of carboxylic acid groups (broad SMARTS) is 1. The summed E-state index contributed by atoms with van der Waals surface area (Å²) < 4.78 is 0. The van der Waals surface area contributed by atoms with Gasteiger partial charge in [-0.05, 0) is 30.4 Å². The molecule has 0 spiro atoms. The molecule has 0 heterocycles. The molecule has 1 amide bonds. The van der Waals surface area contributed by atoms with Crippen molar-refractivity contribution in [1.29, 1.82) is 0 Å². The first-order valence-corrected chi connectivity index (χ1v) is 7.70. The average molecular weight is 289 g/mol. The van der Waals surface area contributed by atoms with Crippen molar-refractivity contribution in [3.05, 3.63) is 35.4 Å². The number of carbonyl (C=O) groups excluding carboxylic acids is 1. The van der Waals surface area contributed by atoms with Gasteiger partial charge in [-0.2, -0.15) is 0 Å². The average Bonchev–Trinajstić information content (AvgIpc) is 2.53. The van der Waals surface area contributed by atoms with Crippen LogP contribution in [0.4, 0.5) is 0 Å². The Labute approximate surface area is 125 Å². The number of hydrogen-bond donors (Lipinski definition) is 2. The molecule has 1 aromatic carbocycles. The van der Waals surface area contributed by atoms with E-state index in [4.69, 9.17) is 0 Å². The first kappa shape index (κ1) is 15.5. The third-order valence-corrected chi connectivity index (χ3v) is 4.32. The summed E-state index contributed by atoms with van der Waals surface area (Å²) in [5.41, 5.74) is 2.31. The Morgan fingerprint density at radius 1 is 1.10 bits per heavy atom. The minimum Gasteiger partial charge on any atom is -0.481 e. The molecule has 21 heavy (non-hydrogen) atoms. The molecule has 0 saturated heterocycles. The van der Waals surface area contributed by atoms with E-state index in [0.717, 1.165) is 24.8 Å². The molecule has 1 aliphatic rings. The number of hydrogen-bond acceptors (Lipinski definition) is 2. The van der Waals surface area contributed by atoms with Gasteiger partial charge in [0, 0.05) is 6.54 Å². The second-order valence-corrected chi connectivity index (χ2v) is 5.72. The highest BCUT2D eigenvalue weighted by atomic mass is 16.4. The van der Waals surface area contributed by atoms with Crippen LogP contribution in [-0.4, -0.2) is 17.0 Å². The van der Waals surface area contributed by atoms with Crippen LogP contribution >= 0.6 is 0 Å². The number of benzene rings is 1. The van der Waals surface area contributed by atoms with Crippen molar-refractivity contribution in [2.24, 2.45) is 11.8 Å². The summed E-state index contributed by atoms with van der Waals surface area (Å²) in [5.74, 6) is -1.88. The standard InChI is InChI=1S/C17H23NO3/c1-2-12-7-9-13(10-8-12)11-18-16(19)14-5-3-4-6-15(14)17(20)21/h7-10,14-15H,2-6,11H2,1H3,(H,18,19)(H,20,21)/t14-,15-/m0/s1. The molecular weight excluding hydrogens is 266 g/mol. The zero-order chi connectivity index (χ0) is 15.2. The van der Waals surface area contributed by atoms with Crippen molar-refractivity contribution >= 4 is 11.9 Å². The lowest BCUT2D eigenvalue weighted by molar-refractivity contribution is -0.148. The van der Waals surface area contributed by atoms with Crippen LogP contribution in [0, 0.1) is 11.8 Å². The van der Waals surface area contributed by atoms with Crippen molar-refractivity contribution in [3.63, 3.8) is 0 Å². The van der Waals surface area contributed by atoms with Crippen molar-refractivity contribution in [1.82, 2.24) is 5.32 Å². The zero-order valence-corrected chi connectivity index (χ0v) is 12.5. The number of amides is 1. The highest BCUT2D eigenvalue weighted by Crippen LogP contribution is 2.30. The molecule has 1 aliphatic carbocycles. The van der Waals surface area contributed by atoms with E-state index in [1.54, 1.807) is 0 Å². The number of nitrogens with one attached hydrogen (secondary N) is 1. The van der Waals surface area contributed by atoms with Crippen LogP contribution < -0.4 is 5.32 Å². The normalized spacial score (nSPS) is 21.8. The summed E-state index contributed by atoms with van der Waals surface area (Å²) in [5, 5.41) is 12.1. The Hall–Kier alpha value is -1.84. The van der Waals surface area contributed by atoms with E-state index < -0.39 is 11.9 Å². The van der Waals surface area contributed by atoms with Crippen molar-refractivity contribution in [3.8, 4) is 0 Å². The van der Waals surface area contributed by atoms with Gasteiger partial charge in [-0.3, -0.25) is 9.59 Å². The highest BCUT2D eigenvalue weighted by molar-refractivity contribution is 5.84. The van der Waals surface area contributed by atoms with E-state index >= 15 is 0 Å². The van der Waals surface area contributed by atoms with Crippen molar-refractivity contribution in [2.45, 2.75) is 45.6 Å². The topological polar surface area (TPSA) is 66.4 Å². The maximum Gasteiger partial charge on any atom is 0.307 e. The van der Waals surface area contributed by atoms with Gasteiger partial charge in [0.2, 0.25) is 5.91 Å². The van der Waals surface area contributed by atoms with E-state index in [1.165, 1.54) is 5.56 Å². The quantitative estimate of drug-likeness (QED) is 0.876. The molecule has 0 aromatic heterocycles. The highest BCUT2D eigenvalue weighted by Gasteiger charge is 2.35. The van der Waals surface area contributed by atoms with E-state index in [2.05, 4.69) is 24.4 Å². The van der Waals surface area contributed by atoms with Gasteiger partial charge in [-0.1, -0.05) is 44.0 Å². The molecule has 0 aliphatic heterocycles. The summed E-state index contributed by atoms with van der Waals surface area (Å²) in [4.78, 5) is 23.5. The lowest BCUT2D eigenvalue weighted by Gasteiger charge is -2.27. The summed E-state index contributed by atoms with van der Waals surface area (Å²) in [6.45, 7) is 2.57. The van der Waals surface area contributed by atoms with E-state index in [-0.39, 0.29) is 11.8 Å². The molecule has 2 rings (SSSR count). The third kappa shape index (κ3) is 4.06. The summed E-state index contributed by atoms with van der Waals surface area (Å²) in [6, 6.07) is 8.13. The maximum absolute atomic E-state index is 12.2. The first-order valence-electron chi connectivity index (χ1n) is 7.70. The number of rotatable bonds is 5. The lowest BCUT2D eigenvalue weighted by atomic mass is 9.78. The number of carbonyl (C=O) groups is 2. The molecular formula is C17H23NO3. The van der Waals surface area contributed by atoms with Crippen LogP contribution in [0.25, 0.3) is 0 Å². The van der Waals surface area contributed by atoms with Crippen molar-refractivity contribution < 1.29 is 14.7 Å². The van der Waals surface area contributed by atoms with Gasteiger partial charge in [0.05, 0.1) is 11.8 Å². The van der Waals surface area contributed by atoms with Crippen LogP contribution in [0.15, 0.2) is 24.3 Å². The maximum atomic E-state index is 12.2. The van der Waals surface area contributed by atoms with Crippen LogP contribution in [0.5, 0.6) is 0 Å². The molecule has 2 N–H and O–H groups in total. The second-order valence-electron chi connectivity index (χ2n) is 5.72. The Balaban J connectivity index is 1.91. The molecule has 4 nitrogen and oxygen atoms in total. The minimum atomic E-state index is -0.845. The second kappa shape index (κ2) is 7.25. The smallest absolute Gasteiger partial charge is 0.307 e. The van der Waals surface area contributed by atoms with Gasteiger partial charge >= 0.3 is 5.97 Å². The van der Waals surface area contributed by atoms with Gasteiger partial charge in [0.15, 0.2) is 0 Å². The summed E-state index contributed by atoms with van der Waals surface area (Å²) >= 11 is 0. The van der Waals surface area contributed by atoms with Gasteiger partial charge in [0.25, 0.3) is 0 Å². The molecule has 4 heteroatoms. The largest absolute Gasteiger partial charge is 0.481 e. The van der Waals surface area contributed by atoms with E-state index in [0.29, 0.717) is 19.4 Å². The minimum absolute atomic E-state index is 0.123. The summed E-state index contributed by atoms with van der Waals surface area (Å²) in [7, 11) is 0. The Kier molecular flexibility index (Phi) is 5.37. The lowest BCUT2D eigenvalue weighted by Crippen LogP contribution is -2.39. The van der Waals surface area contributed by atoms with Gasteiger partial charge < -0.3 is 10.4 Å². The molecule has 114 valence electrons. The SMILES string of the molecule is CCc1ccc(CNC(=O)[C@H]2CCCC[C@@H]2C(=O)O)cc1. The fraction of sp³-hybridized carbons (Fsp3) is 0.529. The fourth-order valence-electron chi connectivity index (χ4n) is 2.95. The van der Waals surface area contributed by atoms with E-state index in [9.17, 15) is 14.7 Å². The van der Waals surface area contributed by atoms with Gasteiger partial charge in [-0.25, -0.2) is 0 Å². The Bertz CT molecular complexity index is 495. The Morgan fingerprint density at radius 2 is 1.67 bits per heavy atom. The molecule has 2 atom stereocenters. The molecule has 0 radical (unpaired) electrons. The van der Waals surface area contributed by atoms with Gasteiger partial charge in [0.1, 0.15) is 0 Å². The Morgan fingerprint density at radius 3 is 2.24 bits per heavy atom. The number of carboxylic acids is 1. The molecule has 1 aromatic rings. The molecule has 0 unspecified atom stereocenters. The fourth-order valence-corrected chi connectivity index (χ4v) is 2.95. The van der Waals surface area contributed by atoms with E-state index in [1.807, 2.05) is 12.1 Å².